The predicted molar refractivity (Wildman–Crippen MR) is 69.5 cm³/mol. The second-order valence-electron chi connectivity index (χ2n) is 3.58. The maximum absolute atomic E-state index is 3.89. The lowest BCUT2D eigenvalue weighted by molar-refractivity contribution is 0.855. The van der Waals surface area contributed by atoms with Crippen LogP contribution in [0.4, 0.5) is 5.69 Å². The quantitative estimate of drug-likeness (QED) is 0.704. The molecule has 0 aromatic heterocycles. The van der Waals surface area contributed by atoms with Gasteiger partial charge in [0.2, 0.25) is 0 Å². The number of anilines is 1. The average molecular weight is 203 g/mol. The highest BCUT2D eigenvalue weighted by atomic mass is 15.1. The Morgan fingerprint density at radius 1 is 1.20 bits per heavy atom. The molecule has 0 aliphatic heterocycles. The van der Waals surface area contributed by atoms with E-state index in [0.29, 0.717) is 0 Å². The Morgan fingerprint density at radius 3 is 2.33 bits per heavy atom. The van der Waals surface area contributed by atoms with Crippen LogP contribution in [0.3, 0.4) is 0 Å². The van der Waals surface area contributed by atoms with E-state index in [4.69, 9.17) is 0 Å². The fourth-order valence-corrected chi connectivity index (χ4v) is 1.99. The largest absolute Gasteiger partial charge is 0.371 e. The molecule has 0 fully saturated rings. The van der Waals surface area contributed by atoms with Crippen molar-refractivity contribution in [1.29, 1.82) is 0 Å². The van der Waals surface area contributed by atoms with E-state index in [1.807, 2.05) is 6.08 Å². The Hall–Kier alpha value is -1.24. The zero-order valence-corrected chi connectivity index (χ0v) is 10.1. The number of para-hydroxylation sites is 1. The van der Waals surface area contributed by atoms with E-state index < -0.39 is 0 Å². The average Bonchev–Trinajstić information content (AvgIpc) is 2.30. The van der Waals surface area contributed by atoms with Gasteiger partial charge in [0.1, 0.15) is 0 Å². The smallest absolute Gasteiger partial charge is 0.0471 e. The van der Waals surface area contributed by atoms with Gasteiger partial charge in [-0.1, -0.05) is 37.8 Å². The molecule has 82 valence electrons. The molecule has 0 atom stereocenters. The van der Waals surface area contributed by atoms with Gasteiger partial charge in [0.05, 0.1) is 0 Å². The summed E-state index contributed by atoms with van der Waals surface area (Å²) in [5.41, 5.74) is 4.02. The van der Waals surface area contributed by atoms with Crippen molar-refractivity contribution in [2.75, 3.05) is 18.0 Å². The van der Waals surface area contributed by atoms with Crippen molar-refractivity contribution in [3.63, 3.8) is 0 Å². The summed E-state index contributed by atoms with van der Waals surface area (Å²) in [6.45, 7) is 12.6. The van der Waals surface area contributed by atoms with Crippen molar-refractivity contribution in [1.82, 2.24) is 0 Å². The molecule has 1 aromatic rings. The van der Waals surface area contributed by atoms with E-state index in [9.17, 15) is 0 Å². The molecule has 0 heterocycles. The fraction of sp³-hybridized carbons (Fsp3) is 0.429. The molecular formula is C14H21N. The number of benzene rings is 1. The van der Waals surface area contributed by atoms with E-state index in [1.54, 1.807) is 0 Å². The molecule has 0 aliphatic rings. The van der Waals surface area contributed by atoms with Gasteiger partial charge in [0.15, 0.2) is 0 Å². The third-order valence-electron chi connectivity index (χ3n) is 2.83. The number of aryl methyl sites for hydroxylation is 1. The Bertz CT molecular complexity index is 324. The van der Waals surface area contributed by atoms with Crippen molar-refractivity contribution >= 4 is 11.8 Å². The normalized spacial score (nSPS) is 10.1. The molecule has 0 aliphatic carbocycles. The number of hydrogen-bond donors (Lipinski definition) is 0. The predicted octanol–water partition coefficient (Wildman–Crippen LogP) is 3.74. The molecule has 0 saturated heterocycles. The van der Waals surface area contributed by atoms with E-state index >= 15 is 0 Å². The second-order valence-corrected chi connectivity index (χ2v) is 3.58. The fourth-order valence-electron chi connectivity index (χ4n) is 1.99. The van der Waals surface area contributed by atoms with Gasteiger partial charge in [-0.3, -0.25) is 0 Å². The van der Waals surface area contributed by atoms with Crippen molar-refractivity contribution in [2.24, 2.45) is 0 Å². The first-order valence-corrected chi connectivity index (χ1v) is 5.77. The Kier molecular flexibility index (Phi) is 4.41. The van der Waals surface area contributed by atoms with Crippen molar-refractivity contribution in [2.45, 2.75) is 27.2 Å². The summed E-state index contributed by atoms with van der Waals surface area (Å²) in [7, 11) is 0. The molecule has 1 nitrogen and oxygen atoms in total. The molecule has 15 heavy (non-hydrogen) atoms. The van der Waals surface area contributed by atoms with Crippen molar-refractivity contribution in [3.8, 4) is 0 Å². The van der Waals surface area contributed by atoms with Crippen LogP contribution in [0.25, 0.3) is 6.08 Å². The molecule has 0 spiro atoms. The maximum Gasteiger partial charge on any atom is 0.0471 e. The molecular weight excluding hydrogens is 182 g/mol. The van der Waals surface area contributed by atoms with E-state index in [-0.39, 0.29) is 0 Å². The van der Waals surface area contributed by atoms with Crippen LogP contribution in [-0.2, 0) is 6.42 Å². The SMILES string of the molecule is C=Cc1cccc(CC)c1N(CC)CC. The molecule has 0 N–H and O–H groups in total. The molecule has 0 radical (unpaired) electrons. The van der Waals surface area contributed by atoms with Crippen LogP contribution < -0.4 is 4.90 Å². The lowest BCUT2D eigenvalue weighted by atomic mass is 10.0. The highest BCUT2D eigenvalue weighted by molar-refractivity contribution is 5.70. The van der Waals surface area contributed by atoms with E-state index in [0.717, 1.165) is 19.5 Å². The maximum atomic E-state index is 3.89. The zero-order valence-electron chi connectivity index (χ0n) is 10.1. The molecule has 1 rings (SSSR count). The zero-order chi connectivity index (χ0) is 11.3. The van der Waals surface area contributed by atoms with Gasteiger partial charge >= 0.3 is 0 Å². The molecule has 0 amide bonds. The van der Waals surface area contributed by atoms with Gasteiger partial charge in [-0.25, -0.2) is 0 Å². The summed E-state index contributed by atoms with van der Waals surface area (Å²) in [4.78, 5) is 2.40. The molecule has 0 bridgehead atoms. The molecule has 0 saturated carbocycles. The minimum Gasteiger partial charge on any atom is -0.371 e. The third kappa shape index (κ3) is 2.41. The van der Waals surface area contributed by atoms with Crippen molar-refractivity contribution < 1.29 is 0 Å². The molecule has 1 heteroatoms. The first kappa shape index (κ1) is 11.8. The number of nitrogens with zero attached hydrogens (tertiary/aromatic N) is 1. The minimum absolute atomic E-state index is 1.05. The van der Waals surface area contributed by atoms with Gasteiger partial charge in [-0.05, 0) is 31.4 Å². The first-order chi connectivity index (χ1) is 7.28. The highest BCUT2D eigenvalue weighted by Crippen LogP contribution is 2.26. The van der Waals surface area contributed by atoms with Gasteiger partial charge < -0.3 is 4.90 Å². The topological polar surface area (TPSA) is 3.24 Å². The van der Waals surface area contributed by atoms with Gasteiger partial charge in [-0.15, -0.1) is 0 Å². The van der Waals surface area contributed by atoms with E-state index in [2.05, 4.69) is 50.4 Å². The van der Waals surface area contributed by atoms with Crippen LogP contribution in [0.15, 0.2) is 24.8 Å². The second kappa shape index (κ2) is 5.59. The Morgan fingerprint density at radius 2 is 1.87 bits per heavy atom. The van der Waals surface area contributed by atoms with Crippen LogP contribution in [0.5, 0.6) is 0 Å². The summed E-state index contributed by atoms with van der Waals surface area (Å²) in [6.07, 6.45) is 3.03. The summed E-state index contributed by atoms with van der Waals surface area (Å²) in [5.74, 6) is 0. The Balaban J connectivity index is 3.26. The summed E-state index contributed by atoms with van der Waals surface area (Å²) in [5, 5.41) is 0. The van der Waals surface area contributed by atoms with Crippen molar-refractivity contribution in [3.05, 3.63) is 35.9 Å². The minimum atomic E-state index is 1.05. The first-order valence-electron chi connectivity index (χ1n) is 5.77. The van der Waals surface area contributed by atoms with Crippen LogP contribution in [0.1, 0.15) is 31.9 Å². The van der Waals surface area contributed by atoms with Crippen LogP contribution in [0.2, 0.25) is 0 Å². The molecule has 0 unspecified atom stereocenters. The van der Waals surface area contributed by atoms with Crippen LogP contribution in [0, 0.1) is 0 Å². The summed E-state index contributed by atoms with van der Waals surface area (Å²) in [6, 6.07) is 6.46. The van der Waals surface area contributed by atoms with E-state index in [1.165, 1.54) is 16.8 Å². The highest BCUT2D eigenvalue weighted by Gasteiger charge is 2.10. The number of hydrogen-bond acceptors (Lipinski definition) is 1. The van der Waals surface area contributed by atoms with Gasteiger partial charge in [0.25, 0.3) is 0 Å². The Labute approximate surface area is 93.4 Å². The standard InChI is InChI=1S/C14H21N/c1-5-12-10-9-11-13(6-2)14(12)15(7-3)8-4/h5,9-11H,1,6-8H2,2-4H3. The molecule has 1 aromatic carbocycles. The van der Waals surface area contributed by atoms with Gasteiger partial charge in [-0.2, -0.15) is 0 Å². The monoisotopic (exact) mass is 203 g/mol. The lowest BCUT2D eigenvalue weighted by Crippen LogP contribution is -2.24. The summed E-state index contributed by atoms with van der Waals surface area (Å²) < 4.78 is 0. The van der Waals surface area contributed by atoms with Crippen LogP contribution in [-0.4, -0.2) is 13.1 Å². The lowest BCUT2D eigenvalue weighted by Gasteiger charge is -2.26. The van der Waals surface area contributed by atoms with Crippen LogP contribution >= 0.6 is 0 Å². The number of rotatable bonds is 5. The third-order valence-corrected chi connectivity index (χ3v) is 2.83. The summed E-state index contributed by atoms with van der Waals surface area (Å²) >= 11 is 0. The van der Waals surface area contributed by atoms with Gasteiger partial charge in [0, 0.05) is 18.8 Å².